The molecule has 0 aliphatic heterocycles. The van der Waals surface area contributed by atoms with Crippen molar-refractivity contribution in [3.05, 3.63) is 38.9 Å². The molecule has 2 N–H and O–H groups in total. The van der Waals surface area contributed by atoms with Crippen molar-refractivity contribution >= 4 is 17.3 Å². The molecular weight excluding hydrogens is 280 g/mol. The molecule has 0 amide bonds. The van der Waals surface area contributed by atoms with Gasteiger partial charge in [-0.05, 0) is 42.9 Å². The molecule has 0 bridgehead atoms. The fraction of sp³-hybridized carbons (Fsp3) is 0.571. The number of halogens is 1. The molecule has 5 nitrogen and oxygen atoms in total. The average molecular weight is 299 g/mol. The van der Waals surface area contributed by atoms with Crippen LogP contribution in [0.2, 0.25) is 5.02 Å². The number of rotatable bonds is 6. The third-order valence-corrected chi connectivity index (χ3v) is 4.31. The molecule has 0 aromatic heterocycles. The number of hydrogen-bond acceptors (Lipinski definition) is 4. The number of aliphatic hydroxyl groups excluding tert-OH is 1. The van der Waals surface area contributed by atoms with E-state index in [1.54, 1.807) is 12.1 Å². The van der Waals surface area contributed by atoms with Gasteiger partial charge in [0.1, 0.15) is 5.02 Å². The highest BCUT2D eigenvalue weighted by Gasteiger charge is 2.25. The summed E-state index contributed by atoms with van der Waals surface area (Å²) in [7, 11) is 0. The standard InChI is InChI=1S/C14H19ClN2O3/c15-13-5-4-10(6-14(13)17(19)20)7-16-8-11-2-1-3-12(11)9-18/h4-6,11-12,16,18H,1-3,7-9H2. The van der Waals surface area contributed by atoms with E-state index in [1.807, 2.05) is 0 Å². The summed E-state index contributed by atoms with van der Waals surface area (Å²) >= 11 is 5.78. The highest BCUT2D eigenvalue weighted by atomic mass is 35.5. The van der Waals surface area contributed by atoms with E-state index in [0.717, 1.165) is 24.9 Å². The fourth-order valence-corrected chi connectivity index (χ4v) is 3.02. The fourth-order valence-electron chi connectivity index (χ4n) is 2.83. The van der Waals surface area contributed by atoms with E-state index in [1.165, 1.54) is 12.5 Å². The summed E-state index contributed by atoms with van der Waals surface area (Å²) in [5.41, 5.74) is 0.791. The van der Waals surface area contributed by atoms with Crippen molar-refractivity contribution in [1.82, 2.24) is 5.32 Å². The van der Waals surface area contributed by atoms with Crippen LogP contribution in [-0.2, 0) is 6.54 Å². The van der Waals surface area contributed by atoms with Crippen LogP contribution in [-0.4, -0.2) is 23.2 Å². The summed E-state index contributed by atoms with van der Waals surface area (Å²) in [6.45, 7) is 1.66. The zero-order valence-corrected chi connectivity index (χ0v) is 12.0. The van der Waals surface area contributed by atoms with E-state index < -0.39 is 4.92 Å². The van der Waals surface area contributed by atoms with E-state index >= 15 is 0 Å². The normalized spacial score (nSPS) is 22.1. The van der Waals surface area contributed by atoms with Gasteiger partial charge in [-0.3, -0.25) is 10.1 Å². The Morgan fingerprint density at radius 2 is 2.15 bits per heavy atom. The van der Waals surface area contributed by atoms with Crippen molar-refractivity contribution in [3.8, 4) is 0 Å². The number of aliphatic hydroxyl groups is 1. The van der Waals surface area contributed by atoms with Gasteiger partial charge in [0.2, 0.25) is 0 Å². The SMILES string of the molecule is O=[N+]([O-])c1cc(CNCC2CCCC2CO)ccc1Cl. The van der Waals surface area contributed by atoms with E-state index in [-0.39, 0.29) is 17.3 Å². The molecule has 2 atom stereocenters. The van der Waals surface area contributed by atoms with Gasteiger partial charge in [-0.25, -0.2) is 0 Å². The minimum absolute atomic E-state index is 0.0555. The lowest BCUT2D eigenvalue weighted by atomic mass is 9.97. The summed E-state index contributed by atoms with van der Waals surface area (Å²) in [6.07, 6.45) is 3.40. The Morgan fingerprint density at radius 3 is 2.85 bits per heavy atom. The van der Waals surface area contributed by atoms with E-state index in [0.29, 0.717) is 18.4 Å². The van der Waals surface area contributed by atoms with Crippen molar-refractivity contribution in [2.24, 2.45) is 11.8 Å². The van der Waals surface area contributed by atoms with Gasteiger partial charge in [-0.1, -0.05) is 24.1 Å². The highest BCUT2D eigenvalue weighted by Crippen LogP contribution is 2.30. The number of nitrogens with zero attached hydrogens (tertiary/aromatic N) is 1. The Hall–Kier alpha value is -1.17. The average Bonchev–Trinajstić information content (AvgIpc) is 2.88. The van der Waals surface area contributed by atoms with Crippen LogP contribution < -0.4 is 5.32 Å². The van der Waals surface area contributed by atoms with Crippen LogP contribution in [0.25, 0.3) is 0 Å². The van der Waals surface area contributed by atoms with Crippen molar-refractivity contribution in [1.29, 1.82) is 0 Å². The molecule has 0 heterocycles. The molecule has 0 spiro atoms. The summed E-state index contributed by atoms with van der Waals surface area (Å²) < 4.78 is 0. The quantitative estimate of drug-likeness (QED) is 0.625. The maximum Gasteiger partial charge on any atom is 0.288 e. The Balaban J connectivity index is 1.88. The predicted molar refractivity (Wildman–Crippen MR) is 77.7 cm³/mol. The Labute approximate surface area is 123 Å². The molecule has 0 radical (unpaired) electrons. The zero-order chi connectivity index (χ0) is 14.5. The molecule has 1 aromatic carbocycles. The first-order valence-electron chi connectivity index (χ1n) is 6.86. The highest BCUT2D eigenvalue weighted by molar-refractivity contribution is 6.32. The third-order valence-electron chi connectivity index (χ3n) is 3.99. The lowest BCUT2D eigenvalue weighted by Crippen LogP contribution is -2.26. The van der Waals surface area contributed by atoms with Crippen molar-refractivity contribution < 1.29 is 10.0 Å². The molecule has 1 aliphatic carbocycles. The third kappa shape index (κ3) is 3.69. The maximum absolute atomic E-state index is 10.8. The Bertz CT molecular complexity index is 481. The second-order valence-electron chi connectivity index (χ2n) is 5.31. The molecule has 1 aliphatic rings. The molecule has 0 saturated heterocycles. The smallest absolute Gasteiger partial charge is 0.288 e. The van der Waals surface area contributed by atoms with Crippen molar-refractivity contribution in [2.45, 2.75) is 25.8 Å². The first-order chi connectivity index (χ1) is 9.61. The van der Waals surface area contributed by atoms with E-state index in [2.05, 4.69) is 5.32 Å². The van der Waals surface area contributed by atoms with Gasteiger partial charge >= 0.3 is 0 Å². The predicted octanol–water partition coefficient (Wildman–Crippen LogP) is 2.75. The molecule has 2 rings (SSSR count). The molecule has 1 saturated carbocycles. The number of benzene rings is 1. The van der Waals surface area contributed by atoms with Crippen LogP contribution in [0.4, 0.5) is 5.69 Å². The van der Waals surface area contributed by atoms with Gasteiger partial charge in [-0.15, -0.1) is 0 Å². The van der Waals surface area contributed by atoms with Crippen LogP contribution in [0.3, 0.4) is 0 Å². The molecule has 2 unspecified atom stereocenters. The lowest BCUT2D eigenvalue weighted by molar-refractivity contribution is -0.384. The van der Waals surface area contributed by atoms with Gasteiger partial charge in [-0.2, -0.15) is 0 Å². The zero-order valence-electron chi connectivity index (χ0n) is 11.2. The monoisotopic (exact) mass is 298 g/mol. The summed E-state index contributed by atoms with van der Waals surface area (Å²) in [6, 6.07) is 4.86. The van der Waals surface area contributed by atoms with Gasteiger partial charge in [0.25, 0.3) is 5.69 Å². The summed E-state index contributed by atoms with van der Waals surface area (Å²) in [4.78, 5) is 10.3. The van der Waals surface area contributed by atoms with E-state index in [9.17, 15) is 15.2 Å². The number of hydrogen-bond donors (Lipinski definition) is 2. The maximum atomic E-state index is 10.8. The molecule has 1 aromatic rings. The lowest BCUT2D eigenvalue weighted by Gasteiger charge is -2.17. The van der Waals surface area contributed by atoms with Crippen LogP contribution in [0.15, 0.2) is 18.2 Å². The van der Waals surface area contributed by atoms with Gasteiger partial charge in [0, 0.05) is 19.2 Å². The minimum Gasteiger partial charge on any atom is -0.396 e. The summed E-state index contributed by atoms with van der Waals surface area (Å²) in [5.74, 6) is 0.893. The number of nitro benzene ring substituents is 1. The van der Waals surface area contributed by atoms with Crippen LogP contribution in [0.5, 0.6) is 0 Å². The van der Waals surface area contributed by atoms with Gasteiger partial charge in [0.05, 0.1) is 4.92 Å². The molecule has 20 heavy (non-hydrogen) atoms. The minimum atomic E-state index is -0.468. The Kier molecular flexibility index (Phi) is 5.34. The first-order valence-corrected chi connectivity index (χ1v) is 7.24. The largest absolute Gasteiger partial charge is 0.396 e. The summed E-state index contributed by atoms with van der Waals surface area (Å²) in [5, 5.41) is 23.6. The van der Waals surface area contributed by atoms with Gasteiger partial charge in [0.15, 0.2) is 0 Å². The van der Waals surface area contributed by atoms with Crippen LogP contribution >= 0.6 is 11.6 Å². The second-order valence-corrected chi connectivity index (χ2v) is 5.71. The topological polar surface area (TPSA) is 75.4 Å². The molecule has 110 valence electrons. The van der Waals surface area contributed by atoms with Crippen molar-refractivity contribution in [2.75, 3.05) is 13.2 Å². The van der Waals surface area contributed by atoms with Crippen molar-refractivity contribution in [3.63, 3.8) is 0 Å². The molecule has 1 fully saturated rings. The molecular formula is C14H19ClN2O3. The van der Waals surface area contributed by atoms with Crippen LogP contribution in [0.1, 0.15) is 24.8 Å². The van der Waals surface area contributed by atoms with E-state index in [4.69, 9.17) is 11.6 Å². The van der Waals surface area contributed by atoms with Crippen LogP contribution in [0, 0.1) is 22.0 Å². The van der Waals surface area contributed by atoms with Gasteiger partial charge < -0.3 is 10.4 Å². The number of nitro groups is 1. The first kappa shape index (κ1) is 15.2. The second kappa shape index (κ2) is 7.02. The number of nitrogens with one attached hydrogen (secondary N) is 1. The Morgan fingerprint density at radius 1 is 1.40 bits per heavy atom. The molecule has 6 heteroatoms.